The molecule has 0 saturated carbocycles. The lowest BCUT2D eigenvalue weighted by atomic mass is 9.84. The van der Waals surface area contributed by atoms with Gasteiger partial charge in [-0.25, -0.2) is 19.9 Å². The second-order valence-corrected chi connectivity index (χ2v) is 11.9. The maximum absolute atomic E-state index is 9.35. The summed E-state index contributed by atoms with van der Waals surface area (Å²) in [5.41, 5.74) is 6.22. The number of nitrogens with one attached hydrogen (secondary N) is 2. The van der Waals surface area contributed by atoms with Crippen molar-refractivity contribution in [3.8, 4) is 34.0 Å². The molecule has 0 fully saturated rings. The van der Waals surface area contributed by atoms with Crippen molar-refractivity contribution in [3.63, 3.8) is 0 Å². The molecule has 2 N–H and O–H groups in total. The van der Waals surface area contributed by atoms with E-state index in [1.165, 1.54) is 0 Å². The van der Waals surface area contributed by atoms with Gasteiger partial charge in [0.15, 0.2) is 17.5 Å². The number of nitrogens with zero attached hydrogens (tertiary/aromatic N) is 4. The number of rotatable bonds is 4. The van der Waals surface area contributed by atoms with Gasteiger partial charge in [0.05, 0.1) is 22.6 Å². The summed E-state index contributed by atoms with van der Waals surface area (Å²) >= 11 is 0. The molecule has 2 aromatic heterocycles. The summed E-state index contributed by atoms with van der Waals surface area (Å²) in [7, 11) is 0. The molecule has 0 bridgehead atoms. The van der Waals surface area contributed by atoms with E-state index in [1.807, 2.05) is 97.1 Å². The van der Waals surface area contributed by atoms with E-state index in [0.717, 1.165) is 60.4 Å². The minimum absolute atomic E-state index is 0.0537. The number of fused-ring (bicyclic) bond motifs is 5. The predicted molar refractivity (Wildman–Crippen MR) is 195 cm³/mol. The molecular weight excluding hydrogens is 589 g/mol. The van der Waals surface area contributed by atoms with Gasteiger partial charge < -0.3 is 0 Å². The normalized spacial score (nSPS) is 12.8. The lowest BCUT2D eigenvalue weighted by Crippen LogP contribution is -2.23. The largest absolute Gasteiger partial charge is 0.298 e. The first kappa shape index (κ1) is 27.6. The van der Waals surface area contributed by atoms with Crippen LogP contribution in [-0.2, 0) is 0 Å². The molecule has 2 heterocycles. The van der Waals surface area contributed by atoms with Gasteiger partial charge in [0.1, 0.15) is 0 Å². The zero-order valence-electron chi connectivity index (χ0n) is 25.6. The molecule has 0 unspecified atom stereocenters. The topological polar surface area (TPSA) is 99.3 Å². The monoisotopic (exact) mass is 614 g/mol. The van der Waals surface area contributed by atoms with Crippen molar-refractivity contribution in [2.24, 2.45) is 0 Å². The fraction of sp³-hybridized carbons (Fsp3) is 0. The summed E-state index contributed by atoms with van der Waals surface area (Å²) in [5, 5.41) is 23.9. The number of pyridine rings is 1. The van der Waals surface area contributed by atoms with Gasteiger partial charge in [-0.15, -0.1) is 0 Å². The number of allylic oxidation sites excluding steroid dienone is 1. The van der Waals surface area contributed by atoms with E-state index >= 15 is 0 Å². The highest BCUT2D eigenvalue weighted by atomic mass is 15.0. The molecule has 0 amide bonds. The number of aromatic nitrogens is 4. The molecule has 0 spiro atoms. The molecule has 6 nitrogen and oxygen atoms in total. The summed E-state index contributed by atoms with van der Waals surface area (Å²) in [5.74, 6) is 1.34. The Labute approximate surface area is 276 Å². The Bertz CT molecular complexity index is 2560. The van der Waals surface area contributed by atoms with Crippen molar-refractivity contribution in [1.29, 1.82) is 10.8 Å². The van der Waals surface area contributed by atoms with Crippen LogP contribution in [0.15, 0.2) is 140 Å². The van der Waals surface area contributed by atoms with Crippen LogP contribution in [0.25, 0.3) is 78.1 Å². The van der Waals surface area contributed by atoms with E-state index in [-0.39, 0.29) is 11.4 Å². The zero-order chi connectivity index (χ0) is 32.2. The zero-order valence-corrected chi connectivity index (χ0v) is 25.6. The summed E-state index contributed by atoms with van der Waals surface area (Å²) in [6.07, 6.45) is 1.93. The van der Waals surface area contributed by atoms with E-state index in [4.69, 9.17) is 19.9 Å². The molecule has 6 heteroatoms. The quantitative estimate of drug-likeness (QED) is 0.206. The first-order valence-corrected chi connectivity index (χ1v) is 15.7. The van der Waals surface area contributed by atoms with Crippen molar-refractivity contribution in [2.75, 3.05) is 0 Å². The van der Waals surface area contributed by atoms with Crippen LogP contribution in [0.2, 0.25) is 0 Å². The average Bonchev–Trinajstić information content (AvgIpc) is 3.15. The molecule has 9 rings (SSSR count). The summed E-state index contributed by atoms with van der Waals surface area (Å²) < 4.78 is 0. The van der Waals surface area contributed by atoms with Crippen LogP contribution in [0.1, 0.15) is 17.0 Å². The minimum atomic E-state index is 0.0537. The van der Waals surface area contributed by atoms with Gasteiger partial charge >= 0.3 is 0 Å². The molecule has 0 saturated heterocycles. The molecule has 1 aliphatic carbocycles. The summed E-state index contributed by atoms with van der Waals surface area (Å²) in [6, 6.07) is 46.5. The van der Waals surface area contributed by atoms with E-state index < -0.39 is 0 Å². The van der Waals surface area contributed by atoms with Crippen molar-refractivity contribution < 1.29 is 0 Å². The van der Waals surface area contributed by atoms with Crippen molar-refractivity contribution in [3.05, 3.63) is 156 Å². The lowest BCUT2D eigenvalue weighted by Gasteiger charge is -2.22. The fourth-order valence-corrected chi connectivity index (χ4v) is 6.52. The van der Waals surface area contributed by atoms with E-state index in [2.05, 4.69) is 48.5 Å². The lowest BCUT2D eigenvalue weighted by molar-refractivity contribution is 1.04. The van der Waals surface area contributed by atoms with Crippen LogP contribution in [0, 0.1) is 10.8 Å². The Morgan fingerprint density at radius 3 is 1.60 bits per heavy atom. The highest BCUT2D eigenvalue weighted by Crippen LogP contribution is 2.38. The summed E-state index contributed by atoms with van der Waals surface area (Å²) in [6.45, 7) is 0. The van der Waals surface area contributed by atoms with Crippen LogP contribution in [0.3, 0.4) is 0 Å². The van der Waals surface area contributed by atoms with Crippen LogP contribution >= 0.6 is 0 Å². The highest BCUT2D eigenvalue weighted by molar-refractivity contribution is 6.64. The molecule has 224 valence electrons. The van der Waals surface area contributed by atoms with E-state index in [1.54, 1.807) is 0 Å². The van der Waals surface area contributed by atoms with E-state index in [9.17, 15) is 10.8 Å². The standard InChI is InChI=1S/C42H26N6/c43-37-34(24-33-36(38(37)44)32-16-8-9-17-35(32)45-39(33)27-12-2-1-3-13-27)42-47-40(30-20-18-25-10-4-6-14-28(25)22-30)46-41(48-42)31-21-19-26-11-5-7-15-29(26)23-31/h1-24,43-44H. The second-order valence-electron chi connectivity index (χ2n) is 11.9. The Morgan fingerprint density at radius 1 is 0.417 bits per heavy atom. The molecule has 1 aliphatic rings. The molecule has 48 heavy (non-hydrogen) atoms. The Balaban J connectivity index is 1.30. The molecular formula is C42H26N6. The molecule has 0 aliphatic heterocycles. The van der Waals surface area contributed by atoms with Crippen LogP contribution in [0.5, 0.6) is 0 Å². The van der Waals surface area contributed by atoms with Crippen molar-refractivity contribution in [1.82, 2.24) is 19.9 Å². The third-order valence-corrected chi connectivity index (χ3v) is 8.93. The fourth-order valence-electron chi connectivity index (χ4n) is 6.52. The second kappa shape index (κ2) is 11.0. The Hall–Kier alpha value is -6.66. The van der Waals surface area contributed by atoms with Crippen LogP contribution < -0.4 is 0 Å². The third kappa shape index (κ3) is 4.58. The average molecular weight is 615 g/mol. The molecule has 8 aromatic rings. The minimum Gasteiger partial charge on any atom is -0.298 e. The van der Waals surface area contributed by atoms with Gasteiger partial charge in [0.2, 0.25) is 0 Å². The van der Waals surface area contributed by atoms with E-state index in [0.29, 0.717) is 28.6 Å². The van der Waals surface area contributed by atoms with Gasteiger partial charge in [-0.2, -0.15) is 0 Å². The van der Waals surface area contributed by atoms with Gasteiger partial charge in [-0.1, -0.05) is 121 Å². The Morgan fingerprint density at radius 2 is 0.958 bits per heavy atom. The van der Waals surface area contributed by atoms with Gasteiger partial charge in [-0.3, -0.25) is 10.8 Å². The van der Waals surface area contributed by atoms with Gasteiger partial charge in [-0.05, 0) is 45.8 Å². The SMILES string of the molecule is N=C1C(=N)c2c(c(-c3ccccc3)nc3ccccc23)C=C1c1nc(-c2ccc3ccccc3c2)nc(-c2ccc3ccccc3c2)n1. The van der Waals surface area contributed by atoms with Gasteiger partial charge in [0.25, 0.3) is 0 Å². The van der Waals surface area contributed by atoms with Crippen molar-refractivity contribution in [2.45, 2.75) is 0 Å². The third-order valence-electron chi connectivity index (χ3n) is 8.93. The summed E-state index contributed by atoms with van der Waals surface area (Å²) in [4.78, 5) is 20.1. The first-order valence-electron chi connectivity index (χ1n) is 15.7. The Kier molecular flexibility index (Phi) is 6.33. The van der Waals surface area contributed by atoms with Gasteiger partial charge in [0, 0.05) is 38.8 Å². The maximum atomic E-state index is 9.35. The number of benzene rings is 6. The number of hydrogen-bond acceptors (Lipinski definition) is 6. The van der Waals surface area contributed by atoms with Crippen LogP contribution in [0.4, 0.5) is 0 Å². The number of para-hydroxylation sites is 1. The van der Waals surface area contributed by atoms with Crippen LogP contribution in [-0.4, -0.2) is 31.4 Å². The predicted octanol–water partition coefficient (Wildman–Crippen LogP) is 9.67. The first-order chi connectivity index (χ1) is 23.6. The number of hydrogen-bond donors (Lipinski definition) is 2. The molecule has 0 radical (unpaired) electrons. The maximum Gasteiger partial charge on any atom is 0.166 e. The molecule has 6 aromatic carbocycles. The molecule has 0 atom stereocenters. The highest BCUT2D eigenvalue weighted by Gasteiger charge is 2.29. The smallest absolute Gasteiger partial charge is 0.166 e. The van der Waals surface area contributed by atoms with Crippen molar-refractivity contribution >= 4 is 55.5 Å².